The Labute approximate surface area is 198 Å². The molecule has 0 radical (unpaired) electrons. The van der Waals surface area contributed by atoms with Crippen molar-refractivity contribution in [1.29, 1.82) is 5.26 Å². The van der Waals surface area contributed by atoms with Crippen LogP contribution >= 0.6 is 11.6 Å². The Morgan fingerprint density at radius 3 is 2.35 bits per heavy atom. The number of hydrogen-bond donors (Lipinski definition) is 2. The quantitative estimate of drug-likeness (QED) is 0.466. The van der Waals surface area contributed by atoms with Gasteiger partial charge in [-0.05, 0) is 42.5 Å². The molecule has 3 rings (SSSR count). The van der Waals surface area contributed by atoms with Crippen LogP contribution in [0.4, 0.5) is 15.8 Å². The average molecular weight is 482 g/mol. The summed E-state index contributed by atoms with van der Waals surface area (Å²) in [5.41, 5.74) is 0.348. The van der Waals surface area contributed by atoms with Crippen molar-refractivity contribution in [3.63, 3.8) is 0 Å². The van der Waals surface area contributed by atoms with Crippen molar-refractivity contribution in [2.75, 3.05) is 23.8 Å². The molecule has 8 nitrogen and oxygen atoms in total. The number of para-hydroxylation sites is 2. The van der Waals surface area contributed by atoms with Crippen molar-refractivity contribution >= 4 is 40.8 Å². The van der Waals surface area contributed by atoms with E-state index in [0.29, 0.717) is 5.02 Å². The molecule has 0 spiro atoms. The second-order valence-corrected chi connectivity index (χ2v) is 7.18. The van der Waals surface area contributed by atoms with Gasteiger partial charge in [0.05, 0.1) is 16.9 Å². The maximum absolute atomic E-state index is 13.7. The van der Waals surface area contributed by atoms with E-state index in [9.17, 15) is 18.8 Å². The molecule has 0 bridgehead atoms. The van der Waals surface area contributed by atoms with Gasteiger partial charge in [-0.1, -0.05) is 35.9 Å². The first-order valence-corrected chi connectivity index (χ1v) is 10.2. The van der Waals surface area contributed by atoms with Gasteiger partial charge in [-0.2, -0.15) is 5.26 Å². The number of nitriles is 1. The second-order valence-electron chi connectivity index (χ2n) is 6.74. The fourth-order valence-electron chi connectivity index (χ4n) is 2.77. The van der Waals surface area contributed by atoms with E-state index in [1.165, 1.54) is 48.5 Å². The van der Waals surface area contributed by atoms with E-state index in [1.54, 1.807) is 18.2 Å². The lowest BCUT2D eigenvalue weighted by molar-refractivity contribution is -0.119. The lowest BCUT2D eigenvalue weighted by Crippen LogP contribution is -2.23. The minimum absolute atomic E-state index is 0.00549. The zero-order chi connectivity index (χ0) is 24.5. The molecular weight excluding hydrogens is 465 g/mol. The molecular formula is C24H17ClFN3O5. The third kappa shape index (κ3) is 6.54. The summed E-state index contributed by atoms with van der Waals surface area (Å²) in [6.45, 7) is -1.14. The van der Waals surface area contributed by atoms with Crippen LogP contribution in [-0.2, 0) is 14.3 Å². The lowest BCUT2D eigenvalue weighted by Gasteiger charge is -2.12. The van der Waals surface area contributed by atoms with Crippen molar-refractivity contribution in [2.45, 2.75) is 0 Å². The number of amides is 2. The highest BCUT2D eigenvalue weighted by Crippen LogP contribution is 2.21. The van der Waals surface area contributed by atoms with Gasteiger partial charge in [0.1, 0.15) is 23.2 Å². The number of hydrogen-bond acceptors (Lipinski definition) is 6. The first-order chi connectivity index (χ1) is 16.4. The summed E-state index contributed by atoms with van der Waals surface area (Å²) in [4.78, 5) is 36.7. The van der Waals surface area contributed by atoms with Crippen LogP contribution in [-0.4, -0.2) is 31.0 Å². The molecule has 2 amide bonds. The van der Waals surface area contributed by atoms with Crippen molar-refractivity contribution in [3.8, 4) is 11.8 Å². The van der Waals surface area contributed by atoms with E-state index in [1.807, 2.05) is 6.07 Å². The summed E-state index contributed by atoms with van der Waals surface area (Å²) in [6.07, 6.45) is 0. The molecule has 0 saturated heterocycles. The van der Waals surface area contributed by atoms with Gasteiger partial charge >= 0.3 is 5.97 Å². The van der Waals surface area contributed by atoms with Crippen molar-refractivity contribution < 1.29 is 28.2 Å². The molecule has 0 unspecified atom stereocenters. The molecule has 0 aliphatic heterocycles. The third-order valence-corrected chi connectivity index (χ3v) is 4.56. The van der Waals surface area contributed by atoms with Crippen LogP contribution in [0, 0.1) is 17.1 Å². The Bertz CT molecular complexity index is 1280. The summed E-state index contributed by atoms with van der Waals surface area (Å²) in [7, 11) is 0. The number of anilines is 2. The number of benzene rings is 3. The van der Waals surface area contributed by atoms with Gasteiger partial charge in [0, 0.05) is 5.02 Å². The number of halogens is 2. The fraction of sp³-hybridized carbons (Fsp3) is 0.0833. The van der Waals surface area contributed by atoms with Crippen LogP contribution in [0.2, 0.25) is 5.02 Å². The van der Waals surface area contributed by atoms with Gasteiger partial charge in [-0.25, -0.2) is 9.18 Å². The molecule has 172 valence electrons. The van der Waals surface area contributed by atoms with Crippen LogP contribution in [0.15, 0.2) is 66.7 Å². The Balaban J connectivity index is 1.57. The fourth-order valence-corrected chi connectivity index (χ4v) is 2.94. The highest BCUT2D eigenvalue weighted by molar-refractivity contribution is 6.31. The van der Waals surface area contributed by atoms with E-state index in [0.717, 1.165) is 0 Å². The van der Waals surface area contributed by atoms with Crippen molar-refractivity contribution in [1.82, 2.24) is 0 Å². The number of rotatable bonds is 8. The Hall–Kier alpha value is -4.42. The van der Waals surface area contributed by atoms with E-state index in [2.05, 4.69) is 10.6 Å². The summed E-state index contributed by atoms with van der Waals surface area (Å²) in [5.74, 6) is -2.75. The van der Waals surface area contributed by atoms with Gasteiger partial charge in [-0.15, -0.1) is 0 Å². The van der Waals surface area contributed by atoms with E-state index >= 15 is 0 Å². The number of nitrogens with one attached hydrogen (secondary N) is 2. The van der Waals surface area contributed by atoms with E-state index in [-0.39, 0.29) is 28.3 Å². The van der Waals surface area contributed by atoms with Crippen LogP contribution in [0.5, 0.6) is 5.75 Å². The van der Waals surface area contributed by atoms with Gasteiger partial charge in [0.25, 0.3) is 11.8 Å². The smallest absolute Gasteiger partial charge is 0.342 e. The first-order valence-electron chi connectivity index (χ1n) is 9.80. The molecule has 0 heterocycles. The highest BCUT2D eigenvalue weighted by atomic mass is 35.5. The molecule has 0 saturated carbocycles. The third-order valence-electron chi connectivity index (χ3n) is 4.32. The zero-order valence-electron chi connectivity index (χ0n) is 17.5. The number of carbonyl (C=O) groups excluding carboxylic acids is 3. The number of ether oxygens (including phenoxy) is 2. The summed E-state index contributed by atoms with van der Waals surface area (Å²) in [6, 6.07) is 17.9. The largest absolute Gasteiger partial charge is 0.483 e. The molecule has 3 aromatic rings. The van der Waals surface area contributed by atoms with Gasteiger partial charge in [0.2, 0.25) is 0 Å². The monoisotopic (exact) mass is 481 g/mol. The summed E-state index contributed by atoms with van der Waals surface area (Å²) >= 11 is 5.88. The van der Waals surface area contributed by atoms with Crippen LogP contribution in [0.25, 0.3) is 0 Å². The maximum atomic E-state index is 13.7. The Morgan fingerprint density at radius 1 is 0.912 bits per heavy atom. The SMILES string of the molecule is N#Cc1ccc(Cl)cc1NC(=O)COC(=O)c1ccccc1OCC(=O)Nc1ccccc1F. The predicted molar refractivity (Wildman–Crippen MR) is 122 cm³/mol. The van der Waals surface area contributed by atoms with E-state index in [4.69, 9.17) is 26.3 Å². The molecule has 0 aliphatic rings. The average Bonchev–Trinajstić information content (AvgIpc) is 2.83. The molecule has 3 aromatic carbocycles. The van der Waals surface area contributed by atoms with Gasteiger partial charge in [0.15, 0.2) is 13.2 Å². The van der Waals surface area contributed by atoms with Crippen molar-refractivity contribution in [2.24, 2.45) is 0 Å². The molecule has 10 heteroatoms. The van der Waals surface area contributed by atoms with Crippen LogP contribution in [0.1, 0.15) is 15.9 Å². The minimum atomic E-state index is -0.869. The van der Waals surface area contributed by atoms with Crippen LogP contribution < -0.4 is 15.4 Å². The molecule has 0 aliphatic carbocycles. The van der Waals surface area contributed by atoms with Crippen LogP contribution in [0.3, 0.4) is 0 Å². The standard InChI is InChI=1S/C24H17ClFN3O5/c25-16-10-9-15(12-27)20(11-16)29-23(31)14-34-24(32)17-5-1-4-8-21(17)33-13-22(30)28-19-7-3-2-6-18(19)26/h1-11H,13-14H2,(H,28,30)(H,29,31). The molecule has 0 atom stereocenters. The summed E-state index contributed by atoms with van der Waals surface area (Å²) in [5, 5.41) is 14.2. The van der Waals surface area contributed by atoms with Crippen molar-refractivity contribution in [3.05, 3.63) is 88.7 Å². The number of esters is 1. The Kier molecular flexibility index (Phi) is 8.16. The minimum Gasteiger partial charge on any atom is -0.483 e. The number of carbonyl (C=O) groups is 3. The maximum Gasteiger partial charge on any atom is 0.342 e. The topological polar surface area (TPSA) is 118 Å². The normalized spacial score (nSPS) is 10.0. The molecule has 2 N–H and O–H groups in total. The zero-order valence-corrected chi connectivity index (χ0v) is 18.3. The predicted octanol–water partition coefficient (Wildman–Crippen LogP) is 4.16. The second kappa shape index (κ2) is 11.4. The number of nitrogens with zero attached hydrogens (tertiary/aromatic N) is 1. The lowest BCUT2D eigenvalue weighted by atomic mass is 10.2. The highest BCUT2D eigenvalue weighted by Gasteiger charge is 2.17. The molecule has 34 heavy (non-hydrogen) atoms. The summed E-state index contributed by atoms with van der Waals surface area (Å²) < 4.78 is 24.1. The molecule has 0 fully saturated rings. The first kappa shape index (κ1) is 24.2. The van der Waals surface area contributed by atoms with Gasteiger partial charge in [-0.3, -0.25) is 9.59 Å². The van der Waals surface area contributed by atoms with E-state index < -0.39 is 36.8 Å². The van der Waals surface area contributed by atoms with Gasteiger partial charge < -0.3 is 20.1 Å². The molecule has 0 aromatic heterocycles. The Morgan fingerprint density at radius 2 is 1.59 bits per heavy atom.